The molecule has 3 N–H and O–H groups in total. The standard InChI is InChI=1S/C2H5F2N/c3-2(4)1-5/h2H,1,5H2/p+1. The van der Waals surface area contributed by atoms with E-state index >= 15 is 0 Å². The van der Waals surface area contributed by atoms with Crippen molar-refractivity contribution in [1.29, 1.82) is 0 Å². The second-order valence-electron chi connectivity index (χ2n) is 0.680. The number of quaternary nitrogens is 1. The molecule has 0 heterocycles. The molecule has 0 amide bonds. The fourth-order valence-electron chi connectivity index (χ4n) is 0. The van der Waals surface area contributed by atoms with Crippen LogP contribution in [0.15, 0.2) is 0 Å². The van der Waals surface area contributed by atoms with Gasteiger partial charge < -0.3 is 5.73 Å². The fourth-order valence-corrected chi connectivity index (χ4v) is 0. The molecule has 32 valence electrons. The maximum Gasteiger partial charge on any atom is 0.286 e. The molecule has 0 aromatic carbocycles. The summed E-state index contributed by atoms with van der Waals surface area (Å²) in [5.74, 6) is 0. The second-order valence-corrected chi connectivity index (χ2v) is 0.680. The van der Waals surface area contributed by atoms with Crippen molar-refractivity contribution in [3.63, 3.8) is 0 Å². The molecule has 0 radical (unpaired) electrons. The number of hydrogen-bond donors (Lipinski definition) is 1. The molecule has 0 aliphatic heterocycles. The van der Waals surface area contributed by atoms with Gasteiger partial charge in [-0.15, -0.1) is 0 Å². The maximum atomic E-state index is 10.7. The molecule has 0 spiro atoms. The van der Waals surface area contributed by atoms with Crippen molar-refractivity contribution in [1.82, 2.24) is 0 Å². The van der Waals surface area contributed by atoms with Gasteiger partial charge in [-0.05, 0) is 0 Å². The Hall–Kier alpha value is -0.180. The molecule has 0 aromatic rings. The van der Waals surface area contributed by atoms with Gasteiger partial charge in [0.05, 0.1) is 0 Å². The highest BCUT2D eigenvalue weighted by molar-refractivity contribution is 4.20. The monoisotopic (exact) mass is 82.0 g/mol. The molecule has 0 aromatic heterocycles. The lowest BCUT2D eigenvalue weighted by Gasteiger charge is -1.79. The molecular formula is C2H6F2N+. The highest BCUT2D eigenvalue weighted by Gasteiger charge is 1.95. The Morgan fingerprint density at radius 1 is 1.60 bits per heavy atom. The first kappa shape index (κ1) is 4.82. The molecule has 0 aliphatic rings. The van der Waals surface area contributed by atoms with Crippen LogP contribution in [-0.4, -0.2) is 13.0 Å². The molecule has 3 heteroatoms. The minimum Gasteiger partial charge on any atom is -0.353 e. The molecule has 0 bridgehead atoms. The van der Waals surface area contributed by atoms with Crippen molar-refractivity contribution in [2.24, 2.45) is 0 Å². The Bertz CT molecular complexity index is 21.6. The van der Waals surface area contributed by atoms with E-state index in [4.69, 9.17) is 0 Å². The number of alkyl halides is 2. The average Bonchev–Trinajstić information content (AvgIpc) is 1.38. The van der Waals surface area contributed by atoms with Gasteiger partial charge in [0.15, 0.2) is 0 Å². The molecular weight excluding hydrogens is 76.0 g/mol. The van der Waals surface area contributed by atoms with Gasteiger partial charge in [0, 0.05) is 0 Å². The maximum absolute atomic E-state index is 10.7. The Morgan fingerprint density at radius 3 is 1.80 bits per heavy atom. The van der Waals surface area contributed by atoms with E-state index in [9.17, 15) is 8.78 Å². The molecule has 0 atom stereocenters. The van der Waals surface area contributed by atoms with Crippen LogP contribution < -0.4 is 5.73 Å². The molecule has 0 saturated carbocycles. The number of hydrogen-bond acceptors (Lipinski definition) is 0. The zero-order valence-corrected chi connectivity index (χ0v) is 2.75. The van der Waals surface area contributed by atoms with Gasteiger partial charge in [0.25, 0.3) is 6.43 Å². The Balaban J connectivity index is 2.54. The molecule has 5 heavy (non-hydrogen) atoms. The van der Waals surface area contributed by atoms with Crippen molar-refractivity contribution in [2.45, 2.75) is 6.43 Å². The SMILES string of the molecule is [NH3+]CC(F)F. The third-order valence-corrected chi connectivity index (χ3v) is 0.218. The number of halogens is 2. The van der Waals surface area contributed by atoms with E-state index in [0.29, 0.717) is 0 Å². The smallest absolute Gasteiger partial charge is 0.286 e. The van der Waals surface area contributed by atoms with E-state index in [1.807, 2.05) is 0 Å². The summed E-state index contributed by atoms with van der Waals surface area (Å²) in [6.07, 6.45) is -2.23. The number of rotatable bonds is 1. The van der Waals surface area contributed by atoms with E-state index in [1.165, 1.54) is 0 Å². The van der Waals surface area contributed by atoms with Gasteiger partial charge in [-0.2, -0.15) is 0 Å². The summed E-state index contributed by atoms with van der Waals surface area (Å²) in [7, 11) is 0. The van der Waals surface area contributed by atoms with Gasteiger partial charge in [0.2, 0.25) is 0 Å². The van der Waals surface area contributed by atoms with E-state index in [0.717, 1.165) is 0 Å². The van der Waals surface area contributed by atoms with Crippen molar-refractivity contribution >= 4 is 0 Å². The highest BCUT2D eigenvalue weighted by atomic mass is 19.3. The zero-order valence-electron chi connectivity index (χ0n) is 2.75. The topological polar surface area (TPSA) is 27.6 Å². The van der Waals surface area contributed by atoms with Crippen LogP contribution in [-0.2, 0) is 0 Å². The van der Waals surface area contributed by atoms with E-state index in [2.05, 4.69) is 5.73 Å². The molecule has 0 fully saturated rings. The normalized spacial score (nSPS) is 9.60. The first-order valence-electron chi connectivity index (χ1n) is 1.34. The quantitative estimate of drug-likeness (QED) is 0.441. The predicted octanol–water partition coefficient (Wildman–Crippen LogP) is -0.507. The first-order valence-corrected chi connectivity index (χ1v) is 1.34. The average molecular weight is 82.1 g/mol. The molecule has 0 rings (SSSR count). The van der Waals surface area contributed by atoms with Crippen LogP contribution in [0, 0.1) is 0 Å². The Kier molecular flexibility index (Phi) is 2.01. The van der Waals surface area contributed by atoms with Crippen molar-refractivity contribution in [2.75, 3.05) is 6.54 Å². The second kappa shape index (κ2) is 2.08. The van der Waals surface area contributed by atoms with E-state index < -0.39 is 6.43 Å². The van der Waals surface area contributed by atoms with Crippen LogP contribution in [0.2, 0.25) is 0 Å². The summed E-state index contributed by atoms with van der Waals surface area (Å²) in [5.41, 5.74) is 2.94. The van der Waals surface area contributed by atoms with Crippen LogP contribution in [0.25, 0.3) is 0 Å². The molecule has 0 saturated heterocycles. The molecule has 1 nitrogen and oxygen atoms in total. The van der Waals surface area contributed by atoms with Crippen molar-refractivity contribution in [3.05, 3.63) is 0 Å². The predicted molar refractivity (Wildman–Crippen MR) is 13.8 cm³/mol. The summed E-state index contributed by atoms with van der Waals surface area (Å²) < 4.78 is 21.4. The minimum atomic E-state index is -2.23. The van der Waals surface area contributed by atoms with Gasteiger partial charge in [0.1, 0.15) is 6.54 Å². The lowest BCUT2D eigenvalue weighted by molar-refractivity contribution is -0.388. The zero-order chi connectivity index (χ0) is 4.28. The van der Waals surface area contributed by atoms with Crippen LogP contribution in [0.5, 0.6) is 0 Å². The van der Waals surface area contributed by atoms with Gasteiger partial charge >= 0.3 is 0 Å². The van der Waals surface area contributed by atoms with Gasteiger partial charge in [-0.3, -0.25) is 0 Å². The summed E-state index contributed by atoms with van der Waals surface area (Å²) in [4.78, 5) is 0. The highest BCUT2D eigenvalue weighted by Crippen LogP contribution is 1.81. The Labute approximate surface area is 28.8 Å². The van der Waals surface area contributed by atoms with E-state index in [1.54, 1.807) is 0 Å². The van der Waals surface area contributed by atoms with Crippen LogP contribution in [0.4, 0.5) is 8.78 Å². The summed E-state index contributed by atoms with van der Waals surface area (Å²) in [5, 5.41) is 0. The third-order valence-electron chi connectivity index (χ3n) is 0.218. The third kappa shape index (κ3) is 3.82. The van der Waals surface area contributed by atoms with Crippen molar-refractivity contribution in [3.8, 4) is 0 Å². The van der Waals surface area contributed by atoms with E-state index in [-0.39, 0.29) is 6.54 Å². The summed E-state index contributed by atoms with van der Waals surface area (Å²) in [6.45, 7) is -0.278. The van der Waals surface area contributed by atoms with Crippen LogP contribution in [0.3, 0.4) is 0 Å². The summed E-state index contributed by atoms with van der Waals surface area (Å²) >= 11 is 0. The fraction of sp³-hybridized carbons (Fsp3) is 1.00. The lowest BCUT2D eigenvalue weighted by Crippen LogP contribution is -2.53. The van der Waals surface area contributed by atoms with Gasteiger partial charge in [-0.1, -0.05) is 0 Å². The first-order chi connectivity index (χ1) is 2.27. The molecule has 0 aliphatic carbocycles. The summed E-state index contributed by atoms with van der Waals surface area (Å²) in [6, 6.07) is 0. The van der Waals surface area contributed by atoms with Gasteiger partial charge in [-0.25, -0.2) is 8.78 Å². The van der Waals surface area contributed by atoms with Crippen LogP contribution in [0.1, 0.15) is 0 Å². The lowest BCUT2D eigenvalue weighted by atomic mass is 10.7. The Morgan fingerprint density at radius 2 is 1.80 bits per heavy atom. The minimum absolute atomic E-state index is 0.278. The van der Waals surface area contributed by atoms with Crippen LogP contribution >= 0.6 is 0 Å². The largest absolute Gasteiger partial charge is 0.353 e. The molecule has 0 unspecified atom stereocenters. The van der Waals surface area contributed by atoms with Crippen molar-refractivity contribution < 1.29 is 14.5 Å².